The van der Waals surface area contributed by atoms with Crippen LogP contribution >= 0.6 is 0 Å². The molecule has 6 nitrogen and oxygen atoms in total. The largest absolute Gasteiger partial charge is 0.433 e. The number of nitrogens with zero attached hydrogens (tertiary/aromatic N) is 5. The van der Waals surface area contributed by atoms with Crippen molar-refractivity contribution in [1.82, 2.24) is 19.9 Å². The van der Waals surface area contributed by atoms with E-state index in [-0.39, 0.29) is 5.52 Å². The van der Waals surface area contributed by atoms with Crippen molar-refractivity contribution in [3.8, 4) is 11.4 Å². The number of hydrogen-bond donors (Lipinski definition) is 1. The number of aromatic nitrogens is 4. The van der Waals surface area contributed by atoms with Gasteiger partial charge in [0.05, 0.1) is 24.0 Å². The van der Waals surface area contributed by atoms with Gasteiger partial charge in [0.25, 0.3) is 0 Å². The average Bonchev–Trinajstić information content (AvgIpc) is 3.23. The fourth-order valence-electron chi connectivity index (χ4n) is 3.32. The Morgan fingerprint density at radius 3 is 2.71 bits per heavy atom. The third-order valence-electron chi connectivity index (χ3n) is 4.82. The number of alkyl halides is 3. The predicted octanol–water partition coefficient (Wildman–Crippen LogP) is 4.93. The molecule has 3 aromatic heterocycles. The van der Waals surface area contributed by atoms with Crippen molar-refractivity contribution in [3.05, 3.63) is 78.5 Å². The second kappa shape index (κ2) is 7.35. The number of halogens is 3. The van der Waals surface area contributed by atoms with E-state index >= 15 is 0 Å². The first-order valence-electron chi connectivity index (χ1n) is 9.43. The second-order valence-electron chi connectivity index (χ2n) is 6.91. The molecule has 9 heteroatoms. The molecule has 1 aromatic carbocycles. The minimum Gasteiger partial charge on any atom is -0.340 e. The number of anilines is 1. The van der Waals surface area contributed by atoms with Crippen molar-refractivity contribution < 1.29 is 13.2 Å². The van der Waals surface area contributed by atoms with Crippen molar-refractivity contribution in [2.24, 2.45) is 4.99 Å². The fourth-order valence-corrected chi connectivity index (χ4v) is 3.32. The number of fused-ring (bicyclic) bond motifs is 1. The van der Waals surface area contributed by atoms with E-state index in [0.29, 0.717) is 17.9 Å². The maximum absolute atomic E-state index is 12.9. The number of nitrogens with one attached hydrogen (secondary N) is 1. The summed E-state index contributed by atoms with van der Waals surface area (Å²) in [6.07, 6.45) is 2.06. The molecule has 0 saturated heterocycles. The maximum atomic E-state index is 12.9. The molecule has 4 aromatic rings. The summed E-state index contributed by atoms with van der Waals surface area (Å²) in [4.78, 5) is 21.6. The third-order valence-corrected chi connectivity index (χ3v) is 4.82. The van der Waals surface area contributed by atoms with Crippen LogP contribution in [0.15, 0.2) is 72.1 Å². The Labute approximate surface area is 174 Å². The average molecular weight is 420 g/mol. The molecule has 0 fully saturated rings. The minimum absolute atomic E-state index is 0.283. The molecule has 0 amide bonds. The fraction of sp³-hybridized carbons (Fsp3) is 0.0909. The molecule has 154 valence electrons. The molecular formula is C22H15F3N6. The van der Waals surface area contributed by atoms with E-state index in [1.54, 1.807) is 6.20 Å². The standard InChI is InChI=1S/C22H15F3N6/c23-22(24,25)20-11-17-18(12-28-20)30-21(29-17)14-4-3-5-15(10-14)31-9-8-27-19(13-31)16-6-1-2-7-26-16/h1-8,10-13H,9H2,(H,29,30). The number of H-pyrrole nitrogens is 1. The maximum Gasteiger partial charge on any atom is 0.433 e. The van der Waals surface area contributed by atoms with Crippen molar-refractivity contribution in [1.29, 1.82) is 0 Å². The van der Waals surface area contributed by atoms with E-state index in [4.69, 9.17) is 0 Å². The van der Waals surface area contributed by atoms with Crippen LogP contribution in [0, 0.1) is 0 Å². The molecule has 0 aliphatic carbocycles. The Morgan fingerprint density at radius 2 is 1.90 bits per heavy atom. The van der Waals surface area contributed by atoms with Crippen molar-refractivity contribution in [2.75, 3.05) is 11.4 Å². The zero-order valence-corrected chi connectivity index (χ0v) is 16.0. The van der Waals surface area contributed by atoms with Gasteiger partial charge >= 0.3 is 6.18 Å². The van der Waals surface area contributed by atoms with Gasteiger partial charge < -0.3 is 9.88 Å². The molecule has 31 heavy (non-hydrogen) atoms. The molecule has 1 N–H and O–H groups in total. The van der Waals surface area contributed by atoms with Gasteiger partial charge in [-0.15, -0.1) is 0 Å². The van der Waals surface area contributed by atoms with Crippen molar-refractivity contribution in [3.63, 3.8) is 0 Å². The van der Waals surface area contributed by atoms with E-state index in [1.807, 2.05) is 59.8 Å². The molecule has 4 heterocycles. The van der Waals surface area contributed by atoms with Gasteiger partial charge in [0, 0.05) is 29.9 Å². The van der Waals surface area contributed by atoms with Crippen LogP contribution in [-0.4, -0.2) is 32.7 Å². The topological polar surface area (TPSA) is 70.1 Å². The summed E-state index contributed by atoms with van der Waals surface area (Å²) in [7, 11) is 0. The number of benzene rings is 1. The van der Waals surface area contributed by atoms with Gasteiger partial charge in [-0.3, -0.25) is 9.98 Å². The lowest BCUT2D eigenvalue weighted by molar-refractivity contribution is -0.141. The summed E-state index contributed by atoms with van der Waals surface area (Å²) in [6, 6.07) is 14.2. The molecule has 1 aliphatic rings. The van der Waals surface area contributed by atoms with Crippen LogP contribution in [-0.2, 0) is 6.18 Å². The SMILES string of the molecule is FC(F)(F)c1cc2[nH]c(-c3cccc(N4C=C(c5ccccn5)N=CC4)c3)nc2cn1. The minimum atomic E-state index is -4.51. The first-order chi connectivity index (χ1) is 15.0. The first-order valence-corrected chi connectivity index (χ1v) is 9.43. The highest BCUT2D eigenvalue weighted by Crippen LogP contribution is 2.31. The highest BCUT2D eigenvalue weighted by Gasteiger charge is 2.32. The molecule has 0 atom stereocenters. The van der Waals surface area contributed by atoms with Gasteiger partial charge in [-0.25, -0.2) is 9.97 Å². The summed E-state index contributed by atoms with van der Waals surface area (Å²) in [5.41, 5.74) is 2.85. The first kappa shape index (κ1) is 19.0. The number of pyridine rings is 2. The summed E-state index contributed by atoms with van der Waals surface area (Å²) in [5, 5.41) is 0. The van der Waals surface area contributed by atoms with Gasteiger partial charge in [-0.2, -0.15) is 13.2 Å². The van der Waals surface area contributed by atoms with Crippen molar-refractivity contribution in [2.45, 2.75) is 6.18 Å². The van der Waals surface area contributed by atoms with Gasteiger partial charge in [0.15, 0.2) is 0 Å². The molecule has 0 spiro atoms. The number of hydrogen-bond acceptors (Lipinski definition) is 5. The smallest absolute Gasteiger partial charge is 0.340 e. The summed E-state index contributed by atoms with van der Waals surface area (Å²) >= 11 is 0. The number of aromatic amines is 1. The van der Waals surface area contributed by atoms with E-state index in [9.17, 15) is 13.2 Å². The third kappa shape index (κ3) is 3.77. The van der Waals surface area contributed by atoms with E-state index < -0.39 is 11.9 Å². The lowest BCUT2D eigenvalue weighted by Crippen LogP contribution is -2.22. The Morgan fingerprint density at radius 1 is 1.00 bits per heavy atom. The summed E-state index contributed by atoms with van der Waals surface area (Å²) < 4.78 is 38.8. The Balaban J connectivity index is 1.48. The van der Waals surface area contributed by atoms with Crippen LogP contribution in [0.4, 0.5) is 18.9 Å². The Kier molecular flexibility index (Phi) is 4.50. The summed E-state index contributed by atoms with van der Waals surface area (Å²) in [6.45, 7) is 0.582. The van der Waals surface area contributed by atoms with Crippen LogP contribution < -0.4 is 4.90 Å². The van der Waals surface area contributed by atoms with Crippen LogP contribution in [0.5, 0.6) is 0 Å². The molecule has 0 bridgehead atoms. The van der Waals surface area contributed by atoms with Gasteiger partial charge in [-0.05, 0) is 30.3 Å². The highest BCUT2D eigenvalue weighted by atomic mass is 19.4. The molecular weight excluding hydrogens is 405 g/mol. The van der Waals surface area contributed by atoms with Gasteiger partial charge in [-0.1, -0.05) is 18.2 Å². The zero-order chi connectivity index (χ0) is 21.4. The van der Waals surface area contributed by atoms with Crippen LogP contribution in [0.25, 0.3) is 28.1 Å². The predicted molar refractivity (Wildman–Crippen MR) is 112 cm³/mol. The second-order valence-corrected chi connectivity index (χ2v) is 6.91. The van der Waals surface area contributed by atoms with Crippen LogP contribution in [0.3, 0.4) is 0 Å². The number of aliphatic imine (C=N–C) groups is 1. The van der Waals surface area contributed by atoms with Crippen molar-refractivity contribution >= 4 is 28.6 Å². The lowest BCUT2D eigenvalue weighted by atomic mass is 10.1. The Hall–Kier alpha value is -4.01. The summed E-state index contributed by atoms with van der Waals surface area (Å²) in [5.74, 6) is 0.470. The van der Waals surface area contributed by atoms with E-state index in [2.05, 4.69) is 24.9 Å². The molecule has 1 aliphatic heterocycles. The number of imidazole rings is 1. The van der Waals surface area contributed by atoms with Gasteiger partial charge in [0.1, 0.15) is 22.7 Å². The van der Waals surface area contributed by atoms with Crippen LogP contribution in [0.2, 0.25) is 0 Å². The van der Waals surface area contributed by atoms with Crippen LogP contribution in [0.1, 0.15) is 11.4 Å². The normalized spacial score (nSPS) is 14.2. The zero-order valence-electron chi connectivity index (χ0n) is 16.0. The van der Waals surface area contributed by atoms with E-state index in [0.717, 1.165) is 34.9 Å². The van der Waals surface area contributed by atoms with Gasteiger partial charge in [0.2, 0.25) is 0 Å². The van der Waals surface area contributed by atoms with E-state index in [1.165, 1.54) is 0 Å². The molecule has 0 radical (unpaired) electrons. The monoisotopic (exact) mass is 420 g/mol. The Bertz CT molecular complexity index is 1310. The highest BCUT2D eigenvalue weighted by molar-refractivity contribution is 5.83. The quantitative estimate of drug-likeness (QED) is 0.510. The molecule has 5 rings (SSSR count). The number of rotatable bonds is 3. The molecule has 0 saturated carbocycles. The molecule has 0 unspecified atom stereocenters. The lowest BCUT2D eigenvalue weighted by Gasteiger charge is -2.23.